The van der Waals surface area contributed by atoms with Gasteiger partial charge in [-0.25, -0.2) is 4.39 Å². The Balaban J connectivity index is 2.38. The third-order valence-electron chi connectivity index (χ3n) is 3.40. The molecule has 2 aromatic rings. The van der Waals surface area contributed by atoms with Crippen molar-refractivity contribution >= 4 is 17.3 Å². The molecule has 0 spiro atoms. The number of halogens is 1. The number of benzene rings is 1. The fourth-order valence-corrected chi connectivity index (χ4v) is 2.35. The van der Waals surface area contributed by atoms with Gasteiger partial charge in [0.15, 0.2) is 0 Å². The van der Waals surface area contributed by atoms with Gasteiger partial charge in [0.25, 0.3) is 5.91 Å². The maximum atomic E-state index is 13.8. The third kappa shape index (κ3) is 3.42. The van der Waals surface area contributed by atoms with Crippen LogP contribution in [0.5, 0.6) is 0 Å². The molecular weight excluding hydrogens is 281 g/mol. The number of rotatable bonds is 4. The molecule has 0 aliphatic heterocycles. The quantitative estimate of drug-likeness (QED) is 0.941. The fraction of sp³-hybridized carbons (Fsp3) is 0.294. The van der Waals surface area contributed by atoms with Crippen LogP contribution in [0, 0.1) is 12.7 Å². The van der Waals surface area contributed by atoms with E-state index in [1.165, 1.54) is 18.3 Å². The average molecular weight is 301 g/mol. The van der Waals surface area contributed by atoms with E-state index in [-0.39, 0.29) is 11.7 Å². The number of aromatic nitrogens is 1. The number of nitrogens with one attached hydrogen (secondary N) is 1. The fourth-order valence-electron chi connectivity index (χ4n) is 2.35. The number of hydrogen-bond acceptors (Lipinski definition) is 3. The van der Waals surface area contributed by atoms with Crippen molar-refractivity contribution in [2.45, 2.75) is 20.3 Å². The van der Waals surface area contributed by atoms with Crippen LogP contribution in [0.2, 0.25) is 0 Å². The van der Waals surface area contributed by atoms with Gasteiger partial charge < -0.3 is 10.2 Å². The van der Waals surface area contributed by atoms with Crippen LogP contribution in [-0.4, -0.2) is 25.0 Å². The van der Waals surface area contributed by atoms with Gasteiger partial charge in [-0.3, -0.25) is 9.78 Å². The van der Waals surface area contributed by atoms with Crippen LogP contribution in [0.3, 0.4) is 0 Å². The zero-order chi connectivity index (χ0) is 16.3. The molecule has 0 saturated heterocycles. The first-order valence-corrected chi connectivity index (χ1v) is 7.16. The number of carbonyl (C=O) groups is 1. The summed E-state index contributed by atoms with van der Waals surface area (Å²) in [5.74, 6) is -0.664. The molecule has 1 aromatic carbocycles. The van der Waals surface area contributed by atoms with Gasteiger partial charge in [-0.2, -0.15) is 0 Å². The molecule has 1 heterocycles. The van der Waals surface area contributed by atoms with Gasteiger partial charge in [0, 0.05) is 26.0 Å². The minimum Gasteiger partial charge on any atom is -0.376 e. The molecule has 4 nitrogen and oxygen atoms in total. The zero-order valence-corrected chi connectivity index (χ0v) is 13.3. The molecule has 1 amide bonds. The lowest BCUT2D eigenvalue weighted by Crippen LogP contribution is -2.18. The van der Waals surface area contributed by atoms with Crippen LogP contribution in [0.1, 0.15) is 28.5 Å². The molecule has 0 radical (unpaired) electrons. The summed E-state index contributed by atoms with van der Waals surface area (Å²) in [6, 6.07) is 6.31. The number of amides is 1. The van der Waals surface area contributed by atoms with Crippen LogP contribution < -0.4 is 10.2 Å². The first-order valence-electron chi connectivity index (χ1n) is 7.16. The second-order valence-electron chi connectivity index (χ2n) is 5.35. The maximum Gasteiger partial charge on any atom is 0.257 e. The predicted octanol–water partition coefficient (Wildman–Crippen LogP) is 3.41. The Kier molecular flexibility index (Phi) is 4.75. The minimum absolute atomic E-state index is 0.303. The average Bonchev–Trinajstić information content (AvgIpc) is 2.46. The van der Waals surface area contributed by atoms with E-state index < -0.39 is 0 Å². The monoisotopic (exact) mass is 301 g/mol. The number of hydrogen-bond donors (Lipinski definition) is 1. The number of anilines is 2. The van der Waals surface area contributed by atoms with E-state index in [1.807, 2.05) is 32.8 Å². The lowest BCUT2D eigenvalue weighted by molar-refractivity contribution is 0.102. The third-order valence-corrected chi connectivity index (χ3v) is 3.40. The normalized spacial score (nSPS) is 10.4. The number of pyridine rings is 1. The van der Waals surface area contributed by atoms with Gasteiger partial charge in [-0.15, -0.1) is 0 Å². The summed E-state index contributed by atoms with van der Waals surface area (Å²) in [7, 11) is 3.74. The summed E-state index contributed by atoms with van der Waals surface area (Å²) in [6.07, 6.45) is 2.19. The first kappa shape index (κ1) is 15.9. The summed E-state index contributed by atoms with van der Waals surface area (Å²) in [4.78, 5) is 18.3. The predicted molar refractivity (Wildman–Crippen MR) is 87.0 cm³/mol. The Morgan fingerprint density at radius 3 is 2.59 bits per heavy atom. The molecule has 0 aliphatic rings. The Morgan fingerprint density at radius 1 is 1.32 bits per heavy atom. The summed E-state index contributed by atoms with van der Waals surface area (Å²) in [5, 5.41) is 2.78. The van der Waals surface area contributed by atoms with Crippen LogP contribution in [0.4, 0.5) is 15.8 Å². The molecular formula is C17H20FN3O. The van der Waals surface area contributed by atoms with Crippen molar-refractivity contribution in [1.29, 1.82) is 0 Å². The maximum absolute atomic E-state index is 13.8. The highest BCUT2D eigenvalue weighted by Crippen LogP contribution is 2.31. The van der Waals surface area contributed by atoms with E-state index in [0.717, 1.165) is 16.9 Å². The van der Waals surface area contributed by atoms with Crippen LogP contribution in [0.15, 0.2) is 30.5 Å². The Bertz CT molecular complexity index is 681. The van der Waals surface area contributed by atoms with Crippen molar-refractivity contribution in [2.24, 2.45) is 0 Å². The topological polar surface area (TPSA) is 45.2 Å². The zero-order valence-electron chi connectivity index (χ0n) is 13.3. The smallest absolute Gasteiger partial charge is 0.257 e. The van der Waals surface area contributed by atoms with Crippen molar-refractivity contribution in [3.63, 3.8) is 0 Å². The second kappa shape index (κ2) is 6.56. The highest BCUT2D eigenvalue weighted by atomic mass is 19.1. The highest BCUT2D eigenvalue weighted by Gasteiger charge is 2.15. The van der Waals surface area contributed by atoms with Crippen LogP contribution in [-0.2, 0) is 6.42 Å². The molecule has 0 aliphatic carbocycles. The molecule has 116 valence electrons. The highest BCUT2D eigenvalue weighted by molar-refractivity contribution is 6.06. The molecule has 1 aromatic heterocycles. The molecule has 0 saturated carbocycles. The van der Waals surface area contributed by atoms with Crippen LogP contribution >= 0.6 is 0 Å². The summed E-state index contributed by atoms with van der Waals surface area (Å²) < 4.78 is 13.8. The van der Waals surface area contributed by atoms with Gasteiger partial charge in [0.1, 0.15) is 5.82 Å². The molecule has 0 unspecified atom stereocenters. The molecule has 0 bridgehead atoms. The summed E-state index contributed by atoms with van der Waals surface area (Å²) in [6.45, 7) is 3.81. The van der Waals surface area contributed by atoms with Gasteiger partial charge in [0.2, 0.25) is 0 Å². The van der Waals surface area contributed by atoms with Gasteiger partial charge in [0.05, 0.1) is 16.9 Å². The van der Waals surface area contributed by atoms with E-state index in [4.69, 9.17) is 0 Å². The lowest BCUT2D eigenvalue weighted by Gasteiger charge is -2.21. The summed E-state index contributed by atoms with van der Waals surface area (Å²) in [5.41, 5.74) is 3.41. The van der Waals surface area contributed by atoms with Gasteiger partial charge in [-0.05, 0) is 43.2 Å². The van der Waals surface area contributed by atoms with E-state index in [0.29, 0.717) is 17.7 Å². The second-order valence-corrected chi connectivity index (χ2v) is 5.35. The van der Waals surface area contributed by atoms with E-state index in [1.54, 1.807) is 12.1 Å². The van der Waals surface area contributed by atoms with E-state index in [2.05, 4.69) is 10.3 Å². The lowest BCUT2D eigenvalue weighted by atomic mass is 10.1. The van der Waals surface area contributed by atoms with E-state index >= 15 is 0 Å². The molecule has 0 atom stereocenters. The number of carbonyl (C=O) groups excluding carboxylic acids is 1. The van der Waals surface area contributed by atoms with Crippen molar-refractivity contribution in [3.05, 3.63) is 53.1 Å². The SMILES string of the molecule is CCc1cc(F)cc(NC(=O)c2ccc(C)nc2)c1N(C)C. The van der Waals surface area contributed by atoms with Crippen molar-refractivity contribution in [1.82, 2.24) is 4.98 Å². The Hall–Kier alpha value is -2.43. The molecule has 5 heteroatoms. The molecule has 22 heavy (non-hydrogen) atoms. The van der Waals surface area contributed by atoms with E-state index in [9.17, 15) is 9.18 Å². The first-order chi connectivity index (χ1) is 10.4. The van der Waals surface area contributed by atoms with Gasteiger partial charge in [-0.1, -0.05) is 6.92 Å². The Morgan fingerprint density at radius 2 is 2.05 bits per heavy atom. The van der Waals surface area contributed by atoms with Gasteiger partial charge >= 0.3 is 0 Å². The molecule has 0 fully saturated rings. The minimum atomic E-state index is -0.361. The van der Waals surface area contributed by atoms with Crippen molar-refractivity contribution < 1.29 is 9.18 Å². The van der Waals surface area contributed by atoms with Crippen LogP contribution in [0.25, 0.3) is 0 Å². The molecule has 1 N–H and O–H groups in total. The summed E-state index contributed by atoms with van der Waals surface area (Å²) >= 11 is 0. The standard InChI is InChI=1S/C17H20FN3O/c1-5-12-8-14(18)9-15(16(12)21(3)4)20-17(22)13-7-6-11(2)19-10-13/h6-10H,5H2,1-4H3,(H,20,22). The number of nitrogens with zero attached hydrogens (tertiary/aromatic N) is 2. The number of aryl methyl sites for hydroxylation is 2. The largest absolute Gasteiger partial charge is 0.376 e. The van der Waals surface area contributed by atoms with Crippen molar-refractivity contribution in [2.75, 3.05) is 24.3 Å². The van der Waals surface area contributed by atoms with Crippen molar-refractivity contribution in [3.8, 4) is 0 Å². The molecule has 2 rings (SSSR count). The Labute approximate surface area is 130 Å².